The molecule has 43 heavy (non-hydrogen) atoms. The summed E-state index contributed by atoms with van der Waals surface area (Å²) in [7, 11) is 0. The smallest absolute Gasteiger partial charge is 0.306 e. The predicted octanol–water partition coefficient (Wildman–Crippen LogP) is 10.8. The van der Waals surface area contributed by atoms with E-state index in [0.29, 0.717) is 19.3 Å². The van der Waals surface area contributed by atoms with Crippen molar-refractivity contribution in [2.45, 2.75) is 201 Å². The summed E-state index contributed by atoms with van der Waals surface area (Å²) in [5, 5.41) is 0. The maximum atomic E-state index is 12.5. The van der Waals surface area contributed by atoms with Gasteiger partial charge in [-0.05, 0) is 25.2 Å². The van der Waals surface area contributed by atoms with E-state index in [9.17, 15) is 14.4 Å². The molecule has 0 amide bonds. The van der Waals surface area contributed by atoms with E-state index in [4.69, 9.17) is 14.2 Å². The van der Waals surface area contributed by atoms with Crippen LogP contribution in [0.5, 0.6) is 0 Å². The van der Waals surface area contributed by atoms with Gasteiger partial charge in [-0.3, -0.25) is 14.4 Å². The number of ether oxygens (including phenoxy) is 3. The summed E-state index contributed by atoms with van der Waals surface area (Å²) in [6.07, 6.45) is 27.0. The van der Waals surface area contributed by atoms with Gasteiger partial charge in [0.05, 0.1) is 0 Å². The summed E-state index contributed by atoms with van der Waals surface area (Å²) < 4.78 is 16.5. The van der Waals surface area contributed by atoms with Crippen LogP contribution in [0.2, 0.25) is 0 Å². The predicted molar refractivity (Wildman–Crippen MR) is 178 cm³/mol. The summed E-state index contributed by atoms with van der Waals surface area (Å²) in [6.45, 7) is 8.79. The number of carbonyl (C=O) groups is 3. The Balaban J connectivity index is 4.30. The molecule has 0 saturated heterocycles. The van der Waals surface area contributed by atoms with Crippen LogP contribution in [0.25, 0.3) is 0 Å². The summed E-state index contributed by atoms with van der Waals surface area (Å²) in [5.74, 6) is -0.123. The topological polar surface area (TPSA) is 78.9 Å². The molecule has 6 nitrogen and oxygen atoms in total. The van der Waals surface area contributed by atoms with Gasteiger partial charge in [0.15, 0.2) is 6.10 Å². The minimum atomic E-state index is -0.755. The van der Waals surface area contributed by atoms with E-state index in [0.717, 1.165) is 70.1 Å². The highest BCUT2D eigenvalue weighted by Gasteiger charge is 2.19. The Morgan fingerprint density at radius 2 is 0.767 bits per heavy atom. The van der Waals surface area contributed by atoms with Crippen LogP contribution in [0, 0.1) is 5.92 Å². The summed E-state index contributed by atoms with van der Waals surface area (Å²) in [4.78, 5) is 37.1. The summed E-state index contributed by atoms with van der Waals surface area (Å²) >= 11 is 0. The molecule has 0 rings (SSSR count). The van der Waals surface area contributed by atoms with Gasteiger partial charge in [0.25, 0.3) is 0 Å². The molecule has 254 valence electrons. The molecule has 0 aliphatic rings. The Kier molecular flexibility index (Phi) is 30.6. The first-order chi connectivity index (χ1) is 20.9. The lowest BCUT2D eigenvalue weighted by atomic mass is 10.0. The van der Waals surface area contributed by atoms with Crippen LogP contribution in [0.15, 0.2) is 0 Å². The third kappa shape index (κ3) is 31.6. The van der Waals surface area contributed by atoms with Crippen molar-refractivity contribution in [3.8, 4) is 0 Å². The maximum Gasteiger partial charge on any atom is 0.306 e. The average Bonchev–Trinajstić information content (AvgIpc) is 2.98. The van der Waals surface area contributed by atoms with Crippen LogP contribution >= 0.6 is 0 Å². The molecule has 0 aliphatic heterocycles. The second kappa shape index (κ2) is 31.8. The van der Waals surface area contributed by atoms with E-state index >= 15 is 0 Å². The monoisotopic (exact) mass is 611 g/mol. The van der Waals surface area contributed by atoms with Gasteiger partial charge in [-0.15, -0.1) is 0 Å². The third-order valence-corrected chi connectivity index (χ3v) is 8.04. The van der Waals surface area contributed by atoms with Gasteiger partial charge in [-0.2, -0.15) is 0 Å². The Bertz CT molecular complexity index is 647. The van der Waals surface area contributed by atoms with Crippen molar-refractivity contribution in [3.63, 3.8) is 0 Å². The largest absolute Gasteiger partial charge is 0.462 e. The molecule has 0 saturated carbocycles. The lowest BCUT2D eigenvalue weighted by Crippen LogP contribution is -2.30. The van der Waals surface area contributed by atoms with Crippen LogP contribution in [-0.4, -0.2) is 37.2 Å². The molecule has 0 N–H and O–H groups in total. The Hall–Kier alpha value is -1.59. The van der Waals surface area contributed by atoms with Crippen molar-refractivity contribution >= 4 is 17.9 Å². The fourth-order valence-corrected chi connectivity index (χ4v) is 5.21. The Labute approximate surface area is 266 Å². The normalized spacial score (nSPS) is 11.9. The summed E-state index contributed by atoms with van der Waals surface area (Å²) in [5.41, 5.74) is 0. The van der Waals surface area contributed by atoms with Crippen molar-refractivity contribution in [1.29, 1.82) is 0 Å². The fraction of sp³-hybridized carbons (Fsp3) is 0.919. The minimum absolute atomic E-state index is 0.0676. The Morgan fingerprint density at radius 1 is 0.442 bits per heavy atom. The van der Waals surface area contributed by atoms with Crippen LogP contribution in [0.1, 0.15) is 195 Å². The molecule has 0 fully saturated rings. The standard InChI is InChI=1S/C37H70O6/c1-5-7-9-11-12-13-14-15-16-22-26-30-37(40)43-34(31-41-35(38)28-24-19-10-8-6-2)32-42-36(39)29-25-21-18-17-20-23-27-33(3)4/h33-34H,5-32H2,1-4H3/t34-/m0/s1. The molecular formula is C37H70O6. The first-order valence-electron chi connectivity index (χ1n) is 18.4. The molecule has 0 aromatic rings. The molecule has 0 aliphatic carbocycles. The van der Waals surface area contributed by atoms with Crippen molar-refractivity contribution in [2.75, 3.05) is 13.2 Å². The van der Waals surface area contributed by atoms with E-state index in [-0.39, 0.29) is 31.1 Å². The molecule has 0 radical (unpaired) electrons. The molecule has 0 aromatic carbocycles. The van der Waals surface area contributed by atoms with Gasteiger partial charge in [-0.25, -0.2) is 0 Å². The van der Waals surface area contributed by atoms with Gasteiger partial charge in [0.1, 0.15) is 13.2 Å². The number of hydrogen-bond acceptors (Lipinski definition) is 6. The zero-order valence-electron chi connectivity index (χ0n) is 28.9. The lowest BCUT2D eigenvalue weighted by molar-refractivity contribution is -0.167. The molecule has 1 atom stereocenters. The van der Waals surface area contributed by atoms with E-state index in [1.165, 1.54) is 83.5 Å². The van der Waals surface area contributed by atoms with Gasteiger partial charge in [0, 0.05) is 19.3 Å². The van der Waals surface area contributed by atoms with E-state index in [2.05, 4.69) is 27.7 Å². The molecule has 0 unspecified atom stereocenters. The first-order valence-corrected chi connectivity index (χ1v) is 18.4. The molecule has 0 aromatic heterocycles. The number of carbonyl (C=O) groups excluding carboxylic acids is 3. The number of hydrogen-bond donors (Lipinski definition) is 0. The van der Waals surface area contributed by atoms with Gasteiger partial charge in [0.2, 0.25) is 0 Å². The highest BCUT2D eigenvalue weighted by atomic mass is 16.6. The summed E-state index contributed by atoms with van der Waals surface area (Å²) in [6, 6.07) is 0. The number of unbranched alkanes of at least 4 members (excludes halogenated alkanes) is 19. The zero-order valence-corrected chi connectivity index (χ0v) is 28.9. The molecule has 0 bridgehead atoms. The fourth-order valence-electron chi connectivity index (χ4n) is 5.21. The van der Waals surface area contributed by atoms with Crippen LogP contribution < -0.4 is 0 Å². The van der Waals surface area contributed by atoms with Crippen molar-refractivity contribution < 1.29 is 28.6 Å². The van der Waals surface area contributed by atoms with Crippen LogP contribution in [-0.2, 0) is 28.6 Å². The third-order valence-electron chi connectivity index (χ3n) is 8.04. The minimum Gasteiger partial charge on any atom is -0.462 e. The quantitative estimate of drug-likeness (QED) is 0.0428. The van der Waals surface area contributed by atoms with E-state index in [1.807, 2.05) is 0 Å². The highest BCUT2D eigenvalue weighted by molar-refractivity contribution is 5.71. The first kappa shape index (κ1) is 41.4. The average molecular weight is 611 g/mol. The lowest BCUT2D eigenvalue weighted by Gasteiger charge is -2.18. The van der Waals surface area contributed by atoms with Crippen LogP contribution in [0.4, 0.5) is 0 Å². The van der Waals surface area contributed by atoms with E-state index in [1.54, 1.807) is 0 Å². The van der Waals surface area contributed by atoms with Crippen molar-refractivity contribution in [2.24, 2.45) is 5.92 Å². The van der Waals surface area contributed by atoms with Crippen LogP contribution in [0.3, 0.4) is 0 Å². The molecular weight excluding hydrogens is 540 g/mol. The van der Waals surface area contributed by atoms with Gasteiger partial charge >= 0.3 is 17.9 Å². The molecule has 0 spiro atoms. The Morgan fingerprint density at radius 3 is 1.14 bits per heavy atom. The second-order valence-corrected chi connectivity index (χ2v) is 13.0. The SMILES string of the molecule is CCCCCCCCCCCCCC(=O)O[C@@H](COC(=O)CCCCCCC)COC(=O)CCCCCCCCC(C)C. The molecule has 6 heteroatoms. The highest BCUT2D eigenvalue weighted by Crippen LogP contribution is 2.14. The zero-order chi connectivity index (χ0) is 31.8. The van der Waals surface area contributed by atoms with Crippen molar-refractivity contribution in [3.05, 3.63) is 0 Å². The maximum absolute atomic E-state index is 12.5. The number of esters is 3. The van der Waals surface area contributed by atoms with Gasteiger partial charge in [-0.1, -0.05) is 156 Å². The number of rotatable bonds is 32. The van der Waals surface area contributed by atoms with E-state index < -0.39 is 6.10 Å². The van der Waals surface area contributed by atoms with Crippen molar-refractivity contribution in [1.82, 2.24) is 0 Å². The second-order valence-electron chi connectivity index (χ2n) is 13.0. The molecule has 0 heterocycles. The van der Waals surface area contributed by atoms with Gasteiger partial charge < -0.3 is 14.2 Å².